The summed E-state index contributed by atoms with van der Waals surface area (Å²) in [4.78, 5) is 0. The zero-order valence-electron chi connectivity index (χ0n) is 14.1. The van der Waals surface area contributed by atoms with Crippen LogP contribution in [0.25, 0.3) is 11.5 Å². The summed E-state index contributed by atoms with van der Waals surface area (Å²) in [5.41, 5.74) is 2.39. The van der Waals surface area contributed by atoms with Crippen LogP contribution < -0.4 is 5.32 Å². The van der Waals surface area contributed by atoms with Crippen molar-refractivity contribution in [2.75, 3.05) is 13.2 Å². The van der Waals surface area contributed by atoms with Crippen molar-refractivity contribution >= 4 is 0 Å². The molecule has 0 saturated carbocycles. The molecule has 0 bridgehead atoms. The van der Waals surface area contributed by atoms with Crippen LogP contribution in [0.5, 0.6) is 0 Å². The SMILES string of the molecule is CC(C)(C)c1ccc(-c2nnc(CNCC3CCCO3)o2)cc1. The van der Waals surface area contributed by atoms with Gasteiger partial charge in [-0.3, -0.25) is 0 Å². The van der Waals surface area contributed by atoms with Crippen LogP contribution in [0, 0.1) is 0 Å². The number of benzene rings is 1. The molecule has 0 aliphatic carbocycles. The lowest BCUT2D eigenvalue weighted by atomic mass is 9.87. The molecule has 124 valence electrons. The fourth-order valence-electron chi connectivity index (χ4n) is 2.70. The van der Waals surface area contributed by atoms with E-state index in [0.717, 1.165) is 31.6 Å². The van der Waals surface area contributed by atoms with Gasteiger partial charge in [0.25, 0.3) is 0 Å². The number of hydrogen-bond acceptors (Lipinski definition) is 5. The standard InChI is InChI=1S/C18H25N3O2/c1-18(2,3)14-8-6-13(7-9-14)17-21-20-16(23-17)12-19-11-15-5-4-10-22-15/h6-9,15,19H,4-5,10-12H2,1-3H3. The highest BCUT2D eigenvalue weighted by Crippen LogP contribution is 2.25. The van der Waals surface area contributed by atoms with Gasteiger partial charge in [-0.2, -0.15) is 0 Å². The minimum absolute atomic E-state index is 0.144. The third-order valence-electron chi connectivity index (χ3n) is 4.14. The van der Waals surface area contributed by atoms with Gasteiger partial charge >= 0.3 is 0 Å². The quantitative estimate of drug-likeness (QED) is 0.917. The Kier molecular flexibility index (Phi) is 4.78. The van der Waals surface area contributed by atoms with E-state index < -0.39 is 0 Å². The monoisotopic (exact) mass is 315 g/mol. The van der Waals surface area contributed by atoms with E-state index in [9.17, 15) is 0 Å². The summed E-state index contributed by atoms with van der Waals surface area (Å²) in [6.07, 6.45) is 2.60. The number of hydrogen-bond donors (Lipinski definition) is 1. The molecule has 5 nitrogen and oxygen atoms in total. The van der Waals surface area contributed by atoms with E-state index in [-0.39, 0.29) is 5.41 Å². The van der Waals surface area contributed by atoms with Crippen molar-refractivity contribution < 1.29 is 9.15 Å². The molecule has 23 heavy (non-hydrogen) atoms. The van der Waals surface area contributed by atoms with Crippen LogP contribution >= 0.6 is 0 Å². The summed E-state index contributed by atoms with van der Waals surface area (Å²) in [5.74, 6) is 1.18. The van der Waals surface area contributed by atoms with E-state index in [0.29, 0.717) is 24.4 Å². The summed E-state index contributed by atoms with van der Waals surface area (Å²) in [6.45, 7) is 8.89. The molecular formula is C18H25N3O2. The van der Waals surface area contributed by atoms with Crippen molar-refractivity contribution in [2.45, 2.75) is 51.7 Å². The van der Waals surface area contributed by atoms with Crippen molar-refractivity contribution in [3.05, 3.63) is 35.7 Å². The minimum atomic E-state index is 0.144. The molecule has 5 heteroatoms. The Balaban J connectivity index is 1.57. The predicted molar refractivity (Wildman–Crippen MR) is 89.1 cm³/mol. The van der Waals surface area contributed by atoms with Crippen molar-refractivity contribution in [3.63, 3.8) is 0 Å². The molecule has 1 atom stereocenters. The van der Waals surface area contributed by atoms with Gasteiger partial charge in [0.05, 0.1) is 12.6 Å². The van der Waals surface area contributed by atoms with E-state index in [2.05, 4.69) is 48.4 Å². The molecule has 1 aromatic carbocycles. The predicted octanol–water partition coefficient (Wildman–Crippen LogP) is 3.30. The van der Waals surface area contributed by atoms with E-state index in [1.807, 2.05) is 12.1 Å². The summed E-state index contributed by atoms with van der Waals surface area (Å²) < 4.78 is 11.3. The second kappa shape index (κ2) is 6.81. The highest BCUT2D eigenvalue weighted by Gasteiger charge is 2.16. The van der Waals surface area contributed by atoms with Crippen LogP contribution in [0.1, 0.15) is 45.1 Å². The van der Waals surface area contributed by atoms with E-state index >= 15 is 0 Å². The van der Waals surface area contributed by atoms with Crippen LogP contribution in [0.2, 0.25) is 0 Å². The fourth-order valence-corrected chi connectivity index (χ4v) is 2.70. The van der Waals surface area contributed by atoms with Crippen LogP contribution in [-0.4, -0.2) is 29.5 Å². The largest absolute Gasteiger partial charge is 0.419 e. The topological polar surface area (TPSA) is 60.2 Å². The van der Waals surface area contributed by atoms with Gasteiger partial charge in [0.1, 0.15) is 0 Å². The van der Waals surface area contributed by atoms with Gasteiger partial charge in [0.15, 0.2) is 0 Å². The summed E-state index contributed by atoms with van der Waals surface area (Å²) in [7, 11) is 0. The summed E-state index contributed by atoms with van der Waals surface area (Å²) in [6, 6.07) is 8.32. The molecule has 3 rings (SSSR count). The number of aromatic nitrogens is 2. The average molecular weight is 315 g/mol. The highest BCUT2D eigenvalue weighted by atomic mass is 16.5. The highest BCUT2D eigenvalue weighted by molar-refractivity contribution is 5.53. The molecule has 1 aliphatic rings. The molecule has 0 amide bonds. The number of nitrogens with one attached hydrogen (secondary N) is 1. The van der Waals surface area contributed by atoms with E-state index in [4.69, 9.17) is 9.15 Å². The molecule has 1 N–H and O–H groups in total. The summed E-state index contributed by atoms with van der Waals surface area (Å²) in [5, 5.41) is 11.6. The Morgan fingerprint density at radius 2 is 1.96 bits per heavy atom. The third kappa shape index (κ3) is 4.18. The Morgan fingerprint density at radius 3 is 2.61 bits per heavy atom. The molecule has 0 spiro atoms. The van der Waals surface area contributed by atoms with Crippen LogP contribution in [0.4, 0.5) is 0 Å². The zero-order valence-corrected chi connectivity index (χ0v) is 14.1. The maximum absolute atomic E-state index is 5.73. The van der Waals surface area contributed by atoms with Crippen molar-refractivity contribution in [3.8, 4) is 11.5 Å². The molecule has 1 fully saturated rings. The zero-order chi connectivity index (χ0) is 16.3. The number of ether oxygens (including phenoxy) is 1. The number of rotatable bonds is 5. The smallest absolute Gasteiger partial charge is 0.247 e. The van der Waals surface area contributed by atoms with Gasteiger partial charge in [0, 0.05) is 18.7 Å². The van der Waals surface area contributed by atoms with Gasteiger partial charge < -0.3 is 14.5 Å². The summed E-state index contributed by atoms with van der Waals surface area (Å²) >= 11 is 0. The normalized spacial score (nSPS) is 18.5. The maximum atomic E-state index is 5.73. The molecule has 0 radical (unpaired) electrons. The van der Waals surface area contributed by atoms with Crippen LogP contribution in [0.3, 0.4) is 0 Å². The first-order chi connectivity index (χ1) is 11.0. The molecule has 1 aromatic heterocycles. The van der Waals surface area contributed by atoms with Crippen molar-refractivity contribution in [2.24, 2.45) is 0 Å². The van der Waals surface area contributed by atoms with Gasteiger partial charge in [-0.15, -0.1) is 10.2 Å². The van der Waals surface area contributed by atoms with Gasteiger partial charge in [-0.25, -0.2) is 0 Å². The van der Waals surface area contributed by atoms with Crippen molar-refractivity contribution in [1.82, 2.24) is 15.5 Å². The lowest BCUT2D eigenvalue weighted by molar-refractivity contribution is 0.109. The van der Waals surface area contributed by atoms with Crippen LogP contribution in [0.15, 0.2) is 28.7 Å². The lowest BCUT2D eigenvalue weighted by Crippen LogP contribution is -2.25. The minimum Gasteiger partial charge on any atom is -0.419 e. The van der Waals surface area contributed by atoms with Gasteiger partial charge in [-0.1, -0.05) is 32.9 Å². The first kappa shape index (κ1) is 16.1. The average Bonchev–Trinajstić information content (AvgIpc) is 3.18. The molecule has 2 aromatic rings. The third-order valence-corrected chi connectivity index (χ3v) is 4.14. The second-order valence-electron chi connectivity index (χ2n) is 7.09. The number of nitrogens with zero attached hydrogens (tertiary/aromatic N) is 2. The van der Waals surface area contributed by atoms with Gasteiger partial charge in [-0.05, 0) is 36.0 Å². The van der Waals surface area contributed by atoms with E-state index in [1.165, 1.54) is 5.56 Å². The van der Waals surface area contributed by atoms with E-state index in [1.54, 1.807) is 0 Å². The molecule has 1 saturated heterocycles. The Bertz CT molecular complexity index is 622. The fraction of sp³-hybridized carbons (Fsp3) is 0.556. The first-order valence-electron chi connectivity index (χ1n) is 8.28. The van der Waals surface area contributed by atoms with Gasteiger partial charge in [0.2, 0.25) is 11.8 Å². The van der Waals surface area contributed by atoms with Crippen molar-refractivity contribution in [1.29, 1.82) is 0 Å². The second-order valence-corrected chi connectivity index (χ2v) is 7.09. The lowest BCUT2D eigenvalue weighted by Gasteiger charge is -2.18. The molecule has 2 heterocycles. The Morgan fingerprint density at radius 1 is 1.17 bits per heavy atom. The molecule has 1 aliphatic heterocycles. The molecular weight excluding hydrogens is 290 g/mol. The Labute approximate surface area is 137 Å². The van der Waals surface area contributed by atoms with Crippen LogP contribution in [-0.2, 0) is 16.7 Å². The Hall–Kier alpha value is -1.72. The maximum Gasteiger partial charge on any atom is 0.247 e. The first-order valence-corrected chi connectivity index (χ1v) is 8.28. The molecule has 1 unspecified atom stereocenters.